The normalized spacial score (nSPS) is 11.7. The molecule has 1 aromatic heterocycles. The zero-order chi connectivity index (χ0) is 17.0. The van der Waals surface area contributed by atoms with E-state index in [4.69, 9.17) is 16.4 Å². The second kappa shape index (κ2) is 7.57. The summed E-state index contributed by atoms with van der Waals surface area (Å²) in [6, 6.07) is 7.49. The summed E-state index contributed by atoms with van der Waals surface area (Å²) in [6.07, 6.45) is -0.570. The van der Waals surface area contributed by atoms with Crippen LogP contribution in [-0.2, 0) is 4.84 Å². The molecule has 0 atom stereocenters. The van der Waals surface area contributed by atoms with Crippen molar-refractivity contribution in [2.24, 2.45) is 5.16 Å². The van der Waals surface area contributed by atoms with Crippen molar-refractivity contribution < 1.29 is 9.63 Å². The molecule has 0 unspecified atom stereocenters. The van der Waals surface area contributed by atoms with E-state index >= 15 is 0 Å². The highest BCUT2D eigenvalue weighted by Crippen LogP contribution is 2.29. The molecule has 0 spiro atoms. The molecule has 0 radical (unpaired) electrons. The van der Waals surface area contributed by atoms with E-state index in [2.05, 4.69) is 15.5 Å². The van der Waals surface area contributed by atoms with Gasteiger partial charge in [-0.05, 0) is 39.8 Å². The summed E-state index contributed by atoms with van der Waals surface area (Å²) in [6.45, 7) is 7.39. The number of oxime groups is 1. The summed E-state index contributed by atoms with van der Waals surface area (Å²) < 4.78 is 0. The van der Waals surface area contributed by atoms with E-state index in [1.807, 2.05) is 45.0 Å². The van der Waals surface area contributed by atoms with Crippen LogP contribution < -0.4 is 5.32 Å². The highest BCUT2D eigenvalue weighted by atomic mass is 35.5. The molecule has 0 aliphatic heterocycles. The maximum Gasteiger partial charge on any atom is 0.433 e. The molecule has 1 amide bonds. The minimum absolute atomic E-state index is 0.000320. The molecule has 5 nitrogen and oxygen atoms in total. The number of nitrogens with zero attached hydrogens (tertiary/aromatic N) is 2. The van der Waals surface area contributed by atoms with Gasteiger partial charge in [-0.1, -0.05) is 28.9 Å². The zero-order valence-electron chi connectivity index (χ0n) is 13.4. The lowest BCUT2D eigenvalue weighted by molar-refractivity contribution is 0.148. The second-order valence-electron chi connectivity index (χ2n) is 5.29. The van der Waals surface area contributed by atoms with Crippen molar-refractivity contribution in [2.75, 3.05) is 0 Å². The average molecular weight is 352 g/mol. The van der Waals surface area contributed by atoms with Crippen LogP contribution in [0.25, 0.3) is 10.6 Å². The number of nitrogens with one attached hydrogen (secondary N) is 1. The molecule has 1 aromatic carbocycles. The van der Waals surface area contributed by atoms with Crippen molar-refractivity contribution in [3.8, 4) is 10.6 Å². The van der Waals surface area contributed by atoms with Gasteiger partial charge >= 0.3 is 6.09 Å². The number of aryl methyl sites for hydroxylation is 1. The third-order valence-electron chi connectivity index (χ3n) is 2.89. The van der Waals surface area contributed by atoms with Crippen molar-refractivity contribution in [3.05, 3.63) is 39.9 Å². The van der Waals surface area contributed by atoms with Gasteiger partial charge in [-0.15, -0.1) is 11.3 Å². The monoisotopic (exact) mass is 351 g/mol. The number of aromatic nitrogens is 1. The number of hydrogen-bond donors (Lipinski definition) is 1. The molecule has 0 saturated heterocycles. The van der Waals surface area contributed by atoms with Gasteiger partial charge < -0.3 is 5.32 Å². The number of thiazole rings is 1. The number of carbonyl (C=O) groups is 1. The Hall–Kier alpha value is -1.92. The third-order valence-corrected chi connectivity index (χ3v) is 4.46. The summed E-state index contributed by atoms with van der Waals surface area (Å²) in [5.41, 5.74) is 2.44. The lowest BCUT2D eigenvalue weighted by Crippen LogP contribution is -2.29. The second-order valence-corrected chi connectivity index (χ2v) is 6.73. The fourth-order valence-electron chi connectivity index (χ4n) is 1.86. The number of hydrogen-bond acceptors (Lipinski definition) is 5. The van der Waals surface area contributed by atoms with E-state index in [1.165, 1.54) is 11.3 Å². The number of carbonyl (C=O) groups excluding carboxylic acids is 1. The summed E-state index contributed by atoms with van der Waals surface area (Å²) in [5.74, 6) is 0. The molecule has 7 heteroatoms. The number of rotatable bonds is 4. The predicted octanol–water partition coefficient (Wildman–Crippen LogP) is 4.63. The van der Waals surface area contributed by atoms with Gasteiger partial charge in [-0.2, -0.15) is 0 Å². The zero-order valence-corrected chi connectivity index (χ0v) is 15.0. The first kappa shape index (κ1) is 17.4. The largest absolute Gasteiger partial charge is 0.433 e. The lowest BCUT2D eigenvalue weighted by Gasteiger charge is -2.05. The first-order chi connectivity index (χ1) is 10.9. The Kier molecular flexibility index (Phi) is 5.74. The van der Waals surface area contributed by atoms with Crippen LogP contribution in [0.2, 0.25) is 5.02 Å². The molecule has 0 aliphatic carbocycles. The molecule has 1 heterocycles. The van der Waals surface area contributed by atoms with Gasteiger partial charge in [-0.25, -0.2) is 9.78 Å². The van der Waals surface area contributed by atoms with E-state index in [0.29, 0.717) is 10.7 Å². The first-order valence-corrected chi connectivity index (χ1v) is 8.32. The van der Waals surface area contributed by atoms with Crippen LogP contribution in [0.1, 0.15) is 31.3 Å². The van der Waals surface area contributed by atoms with Crippen molar-refractivity contribution in [1.29, 1.82) is 0 Å². The summed E-state index contributed by atoms with van der Waals surface area (Å²) in [7, 11) is 0. The van der Waals surface area contributed by atoms with Crippen LogP contribution in [0.15, 0.2) is 29.4 Å². The molecule has 122 valence electrons. The Bertz CT molecular complexity index is 723. The van der Waals surface area contributed by atoms with Crippen LogP contribution in [-0.4, -0.2) is 22.8 Å². The predicted molar refractivity (Wildman–Crippen MR) is 94.3 cm³/mol. The van der Waals surface area contributed by atoms with Gasteiger partial charge in [0, 0.05) is 16.6 Å². The summed E-state index contributed by atoms with van der Waals surface area (Å²) in [4.78, 5) is 21.7. The molecule has 23 heavy (non-hydrogen) atoms. The minimum Gasteiger partial charge on any atom is -0.317 e. The highest BCUT2D eigenvalue weighted by Gasteiger charge is 2.13. The Morgan fingerprint density at radius 3 is 2.61 bits per heavy atom. The van der Waals surface area contributed by atoms with Gasteiger partial charge in [0.1, 0.15) is 5.01 Å². The minimum atomic E-state index is -0.570. The van der Waals surface area contributed by atoms with E-state index in [1.54, 1.807) is 6.92 Å². The number of benzene rings is 1. The average Bonchev–Trinajstić information content (AvgIpc) is 2.87. The van der Waals surface area contributed by atoms with Crippen molar-refractivity contribution in [1.82, 2.24) is 10.3 Å². The Balaban J connectivity index is 2.17. The number of halogens is 1. The summed E-state index contributed by atoms with van der Waals surface area (Å²) in [5, 5.41) is 8.05. The van der Waals surface area contributed by atoms with Gasteiger partial charge in [-0.3, -0.25) is 4.84 Å². The van der Waals surface area contributed by atoms with Crippen LogP contribution >= 0.6 is 22.9 Å². The SMILES string of the molecule is CC(=NOC(=O)NC(C)C)c1sc(-c2ccc(Cl)cc2)nc1C. The van der Waals surface area contributed by atoms with Crippen molar-refractivity contribution >= 4 is 34.7 Å². The van der Waals surface area contributed by atoms with Gasteiger partial charge in [0.2, 0.25) is 0 Å². The molecule has 0 saturated carbocycles. The fraction of sp³-hybridized carbons (Fsp3) is 0.312. The van der Waals surface area contributed by atoms with Crippen LogP contribution in [0.5, 0.6) is 0 Å². The molecule has 2 rings (SSSR count). The van der Waals surface area contributed by atoms with Gasteiger partial charge in [0.25, 0.3) is 0 Å². The smallest absolute Gasteiger partial charge is 0.317 e. The van der Waals surface area contributed by atoms with E-state index in [-0.39, 0.29) is 6.04 Å². The lowest BCUT2D eigenvalue weighted by atomic mass is 10.2. The third kappa shape index (κ3) is 4.77. The molecule has 0 bridgehead atoms. The molecular weight excluding hydrogens is 334 g/mol. The van der Waals surface area contributed by atoms with Crippen LogP contribution in [0.3, 0.4) is 0 Å². The molecule has 0 aliphatic rings. The fourth-order valence-corrected chi connectivity index (χ4v) is 3.00. The Morgan fingerprint density at radius 1 is 1.35 bits per heavy atom. The van der Waals surface area contributed by atoms with Crippen molar-refractivity contribution in [2.45, 2.75) is 33.7 Å². The molecule has 2 aromatic rings. The van der Waals surface area contributed by atoms with Gasteiger partial charge in [0.05, 0.1) is 16.3 Å². The maximum absolute atomic E-state index is 11.5. The molecular formula is C16H18ClN3O2S. The van der Waals surface area contributed by atoms with Gasteiger partial charge in [0.15, 0.2) is 0 Å². The number of amides is 1. The van der Waals surface area contributed by atoms with E-state index in [9.17, 15) is 4.79 Å². The first-order valence-electron chi connectivity index (χ1n) is 7.12. The topological polar surface area (TPSA) is 63.6 Å². The molecule has 0 fully saturated rings. The molecule has 1 N–H and O–H groups in total. The highest BCUT2D eigenvalue weighted by molar-refractivity contribution is 7.17. The maximum atomic E-state index is 11.5. The standard InChI is InChI=1S/C16H18ClN3O2S/c1-9(2)18-16(21)22-20-11(4)14-10(3)19-15(23-14)12-5-7-13(17)8-6-12/h5-9H,1-4H3,(H,18,21). The van der Waals surface area contributed by atoms with Crippen molar-refractivity contribution in [3.63, 3.8) is 0 Å². The summed E-state index contributed by atoms with van der Waals surface area (Å²) >= 11 is 7.40. The quantitative estimate of drug-likeness (QED) is 0.496. The van der Waals surface area contributed by atoms with Crippen LogP contribution in [0, 0.1) is 6.92 Å². The Labute approximate surface area is 144 Å². The Morgan fingerprint density at radius 2 is 2.00 bits per heavy atom. The van der Waals surface area contributed by atoms with E-state index < -0.39 is 6.09 Å². The van der Waals surface area contributed by atoms with E-state index in [0.717, 1.165) is 21.1 Å². The van der Waals surface area contributed by atoms with Crippen LogP contribution in [0.4, 0.5) is 4.79 Å².